The molecule has 0 saturated carbocycles. The zero-order valence-corrected chi connectivity index (χ0v) is 13.1. The highest BCUT2D eigenvalue weighted by Crippen LogP contribution is 2.08. The lowest BCUT2D eigenvalue weighted by Gasteiger charge is -2.09. The molecule has 2 rings (SSSR count). The van der Waals surface area contributed by atoms with E-state index in [1.165, 1.54) is 5.56 Å². The smallest absolute Gasteiger partial charge is 0.267 e. The van der Waals surface area contributed by atoms with Gasteiger partial charge in [0.05, 0.1) is 15.6 Å². The van der Waals surface area contributed by atoms with Gasteiger partial charge in [0.2, 0.25) is 0 Å². The zero-order valence-electron chi connectivity index (χ0n) is 11.0. The number of benzene rings is 1. The van der Waals surface area contributed by atoms with Crippen molar-refractivity contribution >= 4 is 28.3 Å². The first kappa shape index (κ1) is 14.0. The van der Waals surface area contributed by atoms with Crippen LogP contribution in [0.25, 0.3) is 0 Å². The van der Waals surface area contributed by atoms with E-state index in [9.17, 15) is 4.79 Å². The molecular weight excluding hydrogens is 353 g/mol. The van der Waals surface area contributed by atoms with Crippen molar-refractivity contribution in [3.8, 4) is 0 Å². The number of rotatable bonds is 4. The quantitative estimate of drug-likeness (QED) is 0.843. The van der Waals surface area contributed by atoms with Crippen LogP contribution in [0.15, 0.2) is 35.4 Å². The molecule has 0 radical (unpaired) electrons. The monoisotopic (exact) mass is 369 g/mol. The molecular formula is C14H16IN3O. The van der Waals surface area contributed by atoms with Crippen LogP contribution >= 0.6 is 22.6 Å². The minimum absolute atomic E-state index is 0.0267. The van der Waals surface area contributed by atoms with Crippen molar-refractivity contribution in [3.63, 3.8) is 0 Å². The summed E-state index contributed by atoms with van der Waals surface area (Å²) >= 11 is 2.05. The first-order valence-electron chi connectivity index (χ1n) is 6.10. The average Bonchev–Trinajstić information content (AvgIpc) is 2.41. The molecule has 4 nitrogen and oxygen atoms in total. The van der Waals surface area contributed by atoms with Gasteiger partial charge in [-0.1, -0.05) is 17.7 Å². The van der Waals surface area contributed by atoms with Crippen LogP contribution in [0, 0.1) is 17.4 Å². The molecule has 0 fully saturated rings. The van der Waals surface area contributed by atoms with E-state index in [1.54, 1.807) is 10.9 Å². The molecule has 0 bridgehead atoms. The molecule has 0 spiro atoms. The van der Waals surface area contributed by atoms with Crippen LogP contribution < -0.4 is 10.9 Å². The molecule has 1 aromatic heterocycles. The summed E-state index contributed by atoms with van der Waals surface area (Å²) in [7, 11) is 0. The van der Waals surface area contributed by atoms with Crippen LogP contribution in [0.5, 0.6) is 0 Å². The second kappa shape index (κ2) is 6.18. The van der Waals surface area contributed by atoms with Gasteiger partial charge in [0.1, 0.15) is 0 Å². The molecule has 2 aromatic rings. The van der Waals surface area contributed by atoms with Gasteiger partial charge in [-0.05, 0) is 48.6 Å². The Kier molecular flexibility index (Phi) is 4.57. The number of anilines is 1. The Balaban J connectivity index is 1.98. The van der Waals surface area contributed by atoms with Crippen LogP contribution in [-0.2, 0) is 6.54 Å². The summed E-state index contributed by atoms with van der Waals surface area (Å²) in [6.07, 6.45) is 1.61. The summed E-state index contributed by atoms with van der Waals surface area (Å²) in [6, 6.07) is 8.19. The van der Waals surface area contributed by atoms with Crippen LogP contribution in [0.3, 0.4) is 0 Å². The standard InChI is InChI=1S/C14H16IN3O/c1-10-3-5-12(6-4-10)16-7-8-18-9-17-11(2)13(15)14(18)19/h3-6,9,16H,7-8H2,1-2H3. The Morgan fingerprint density at radius 3 is 2.63 bits per heavy atom. The molecule has 0 unspecified atom stereocenters. The minimum atomic E-state index is 0.0267. The fourth-order valence-electron chi connectivity index (χ4n) is 1.70. The van der Waals surface area contributed by atoms with E-state index in [0.717, 1.165) is 11.4 Å². The highest BCUT2D eigenvalue weighted by Gasteiger charge is 2.04. The lowest BCUT2D eigenvalue weighted by molar-refractivity contribution is 0.671. The van der Waals surface area contributed by atoms with Gasteiger partial charge < -0.3 is 5.32 Å². The molecule has 1 N–H and O–H groups in total. The first-order chi connectivity index (χ1) is 9.08. The topological polar surface area (TPSA) is 46.9 Å². The maximum Gasteiger partial charge on any atom is 0.267 e. The van der Waals surface area contributed by atoms with Gasteiger partial charge in [-0.2, -0.15) is 0 Å². The van der Waals surface area contributed by atoms with E-state index in [4.69, 9.17) is 0 Å². The van der Waals surface area contributed by atoms with Gasteiger partial charge in [-0.3, -0.25) is 9.36 Å². The molecule has 1 aromatic carbocycles. The van der Waals surface area contributed by atoms with Crippen LogP contribution in [0.1, 0.15) is 11.3 Å². The number of hydrogen-bond acceptors (Lipinski definition) is 3. The Labute approximate surface area is 126 Å². The van der Waals surface area contributed by atoms with Gasteiger partial charge in [-0.25, -0.2) is 4.98 Å². The van der Waals surface area contributed by atoms with E-state index in [0.29, 0.717) is 16.7 Å². The number of nitrogens with zero attached hydrogens (tertiary/aromatic N) is 2. The Bertz CT molecular complexity index is 620. The van der Waals surface area contributed by atoms with E-state index >= 15 is 0 Å². The maximum atomic E-state index is 12.0. The van der Waals surface area contributed by atoms with Crippen molar-refractivity contribution in [2.75, 3.05) is 11.9 Å². The van der Waals surface area contributed by atoms with Crippen LogP contribution in [0.2, 0.25) is 0 Å². The van der Waals surface area contributed by atoms with Gasteiger partial charge in [0, 0.05) is 18.8 Å². The highest BCUT2D eigenvalue weighted by atomic mass is 127. The number of nitrogens with one attached hydrogen (secondary N) is 1. The molecule has 0 atom stereocenters. The molecule has 100 valence electrons. The fraction of sp³-hybridized carbons (Fsp3) is 0.286. The molecule has 0 aliphatic carbocycles. The minimum Gasteiger partial charge on any atom is -0.383 e. The second-order valence-corrected chi connectivity index (χ2v) is 5.51. The average molecular weight is 369 g/mol. The van der Waals surface area contributed by atoms with E-state index < -0.39 is 0 Å². The van der Waals surface area contributed by atoms with E-state index in [1.807, 2.05) is 41.6 Å². The normalized spacial score (nSPS) is 10.5. The molecule has 19 heavy (non-hydrogen) atoms. The fourth-order valence-corrected chi connectivity index (χ4v) is 2.15. The summed E-state index contributed by atoms with van der Waals surface area (Å²) in [4.78, 5) is 16.2. The van der Waals surface area contributed by atoms with Gasteiger partial charge in [0.15, 0.2) is 0 Å². The van der Waals surface area contributed by atoms with Crippen molar-refractivity contribution < 1.29 is 0 Å². The lowest BCUT2D eigenvalue weighted by Crippen LogP contribution is -2.26. The summed E-state index contributed by atoms with van der Waals surface area (Å²) in [5.41, 5.74) is 3.11. The Morgan fingerprint density at radius 2 is 1.95 bits per heavy atom. The largest absolute Gasteiger partial charge is 0.383 e. The van der Waals surface area contributed by atoms with Crippen molar-refractivity contribution in [3.05, 3.63) is 55.8 Å². The summed E-state index contributed by atoms with van der Waals surface area (Å²) < 4.78 is 2.33. The number of aryl methyl sites for hydroxylation is 2. The van der Waals surface area contributed by atoms with Gasteiger partial charge in [-0.15, -0.1) is 0 Å². The molecule has 1 heterocycles. The number of hydrogen-bond donors (Lipinski definition) is 1. The van der Waals surface area contributed by atoms with Gasteiger partial charge >= 0.3 is 0 Å². The summed E-state index contributed by atoms with van der Waals surface area (Å²) in [5, 5.41) is 3.29. The maximum absolute atomic E-state index is 12.0. The van der Waals surface area contributed by atoms with Crippen molar-refractivity contribution in [1.82, 2.24) is 9.55 Å². The third kappa shape index (κ3) is 3.56. The summed E-state index contributed by atoms with van der Waals surface area (Å²) in [5.74, 6) is 0. The summed E-state index contributed by atoms with van der Waals surface area (Å²) in [6.45, 7) is 5.21. The predicted octanol–water partition coefficient (Wildman–Crippen LogP) is 2.58. The van der Waals surface area contributed by atoms with Gasteiger partial charge in [0.25, 0.3) is 5.56 Å². The number of aromatic nitrogens is 2. The lowest BCUT2D eigenvalue weighted by atomic mass is 10.2. The van der Waals surface area contributed by atoms with Crippen molar-refractivity contribution in [2.45, 2.75) is 20.4 Å². The third-order valence-electron chi connectivity index (χ3n) is 2.89. The third-order valence-corrected chi connectivity index (χ3v) is 4.13. The Morgan fingerprint density at radius 1 is 1.26 bits per heavy atom. The van der Waals surface area contributed by atoms with Crippen molar-refractivity contribution in [2.24, 2.45) is 0 Å². The second-order valence-electron chi connectivity index (χ2n) is 4.44. The van der Waals surface area contributed by atoms with Crippen LogP contribution in [0.4, 0.5) is 5.69 Å². The van der Waals surface area contributed by atoms with Crippen molar-refractivity contribution in [1.29, 1.82) is 0 Å². The molecule has 0 saturated heterocycles. The molecule has 0 amide bonds. The predicted molar refractivity (Wildman–Crippen MR) is 85.6 cm³/mol. The van der Waals surface area contributed by atoms with E-state index in [-0.39, 0.29) is 5.56 Å². The SMILES string of the molecule is Cc1ccc(NCCn2cnc(C)c(I)c2=O)cc1. The van der Waals surface area contributed by atoms with Crippen LogP contribution in [-0.4, -0.2) is 16.1 Å². The highest BCUT2D eigenvalue weighted by molar-refractivity contribution is 14.1. The van der Waals surface area contributed by atoms with E-state index in [2.05, 4.69) is 29.4 Å². The molecule has 0 aliphatic rings. The molecule has 0 aliphatic heterocycles. The number of halogens is 1. The molecule has 5 heteroatoms. The first-order valence-corrected chi connectivity index (χ1v) is 7.18. The Hall–Kier alpha value is -1.37. The zero-order chi connectivity index (χ0) is 13.8.